The first-order valence-corrected chi connectivity index (χ1v) is 7.75. The van der Waals surface area contributed by atoms with Gasteiger partial charge >= 0.3 is 0 Å². The fourth-order valence-corrected chi connectivity index (χ4v) is 3.60. The lowest BCUT2D eigenvalue weighted by Gasteiger charge is -2.46. The number of benzene rings is 1. The third-order valence-electron chi connectivity index (χ3n) is 4.96. The highest BCUT2D eigenvalue weighted by Gasteiger charge is 2.40. The van der Waals surface area contributed by atoms with Crippen molar-refractivity contribution in [1.29, 1.82) is 0 Å². The summed E-state index contributed by atoms with van der Waals surface area (Å²) in [6.07, 6.45) is 3.51. The van der Waals surface area contributed by atoms with Gasteiger partial charge in [-0.3, -0.25) is 0 Å². The molecule has 1 aliphatic heterocycles. The first-order chi connectivity index (χ1) is 9.45. The van der Waals surface area contributed by atoms with Gasteiger partial charge in [-0.25, -0.2) is 0 Å². The molecule has 20 heavy (non-hydrogen) atoms. The molecule has 0 amide bonds. The molecular formula is C18H29NO. The first kappa shape index (κ1) is 15.5. The van der Waals surface area contributed by atoms with Gasteiger partial charge in [-0.05, 0) is 63.1 Å². The molecule has 2 nitrogen and oxygen atoms in total. The van der Waals surface area contributed by atoms with Crippen molar-refractivity contribution >= 4 is 0 Å². The molecule has 0 saturated carbocycles. The SMILES string of the molecule is COC(C)(C)CC1(C)CCNCC1Cc1ccccc1. The number of methoxy groups -OCH3 is 1. The average molecular weight is 275 g/mol. The number of nitrogens with one attached hydrogen (secondary N) is 1. The molecule has 2 atom stereocenters. The van der Waals surface area contributed by atoms with Crippen LogP contribution < -0.4 is 5.32 Å². The van der Waals surface area contributed by atoms with Gasteiger partial charge in [-0.1, -0.05) is 37.3 Å². The van der Waals surface area contributed by atoms with Crippen molar-refractivity contribution in [2.24, 2.45) is 11.3 Å². The molecule has 2 heteroatoms. The summed E-state index contributed by atoms with van der Waals surface area (Å²) >= 11 is 0. The monoisotopic (exact) mass is 275 g/mol. The Morgan fingerprint density at radius 3 is 2.65 bits per heavy atom. The van der Waals surface area contributed by atoms with Crippen molar-refractivity contribution in [2.45, 2.75) is 45.6 Å². The zero-order valence-electron chi connectivity index (χ0n) is 13.4. The molecule has 2 unspecified atom stereocenters. The minimum atomic E-state index is -0.0406. The summed E-state index contributed by atoms with van der Waals surface area (Å²) in [5.41, 5.74) is 1.75. The second kappa shape index (κ2) is 6.28. The van der Waals surface area contributed by atoms with Crippen molar-refractivity contribution < 1.29 is 4.74 Å². The third-order valence-corrected chi connectivity index (χ3v) is 4.96. The maximum absolute atomic E-state index is 5.68. The Labute approximate surface area is 123 Å². The maximum Gasteiger partial charge on any atom is 0.0628 e. The molecule has 1 heterocycles. The van der Waals surface area contributed by atoms with Crippen LogP contribution in [0.4, 0.5) is 0 Å². The van der Waals surface area contributed by atoms with E-state index in [1.54, 1.807) is 0 Å². The highest BCUT2D eigenvalue weighted by atomic mass is 16.5. The molecular weight excluding hydrogens is 246 g/mol. The van der Waals surface area contributed by atoms with E-state index >= 15 is 0 Å². The molecule has 1 aliphatic rings. The zero-order valence-corrected chi connectivity index (χ0v) is 13.4. The lowest BCUT2D eigenvalue weighted by atomic mass is 9.65. The fraction of sp³-hybridized carbons (Fsp3) is 0.667. The molecule has 0 radical (unpaired) electrons. The Hall–Kier alpha value is -0.860. The van der Waals surface area contributed by atoms with Gasteiger partial charge in [0.2, 0.25) is 0 Å². The summed E-state index contributed by atoms with van der Waals surface area (Å²) in [5.74, 6) is 0.674. The van der Waals surface area contributed by atoms with Gasteiger partial charge in [0, 0.05) is 7.11 Å². The maximum atomic E-state index is 5.68. The van der Waals surface area contributed by atoms with Crippen LogP contribution in [0, 0.1) is 11.3 Å². The van der Waals surface area contributed by atoms with Gasteiger partial charge in [0.1, 0.15) is 0 Å². The molecule has 1 N–H and O–H groups in total. The number of hydrogen-bond donors (Lipinski definition) is 1. The molecule has 0 aromatic heterocycles. The molecule has 1 aromatic carbocycles. The van der Waals surface area contributed by atoms with E-state index < -0.39 is 0 Å². The minimum Gasteiger partial charge on any atom is -0.379 e. The quantitative estimate of drug-likeness (QED) is 0.885. The summed E-state index contributed by atoms with van der Waals surface area (Å²) in [7, 11) is 1.83. The van der Waals surface area contributed by atoms with E-state index in [1.807, 2.05) is 7.11 Å². The normalized spacial score (nSPS) is 27.5. The van der Waals surface area contributed by atoms with Crippen LogP contribution in [0.25, 0.3) is 0 Å². The van der Waals surface area contributed by atoms with Crippen LogP contribution in [0.3, 0.4) is 0 Å². The molecule has 1 aromatic rings. The topological polar surface area (TPSA) is 21.3 Å². The Morgan fingerprint density at radius 1 is 1.30 bits per heavy atom. The number of rotatable bonds is 5. The molecule has 0 spiro atoms. The molecule has 2 rings (SSSR count). The highest BCUT2D eigenvalue weighted by Crippen LogP contribution is 2.42. The van der Waals surface area contributed by atoms with Gasteiger partial charge in [0.15, 0.2) is 0 Å². The van der Waals surface area contributed by atoms with Crippen molar-refractivity contribution in [2.75, 3.05) is 20.2 Å². The van der Waals surface area contributed by atoms with Crippen LogP contribution in [0.2, 0.25) is 0 Å². The van der Waals surface area contributed by atoms with Gasteiger partial charge in [0.25, 0.3) is 0 Å². The van der Waals surface area contributed by atoms with E-state index in [4.69, 9.17) is 4.74 Å². The van der Waals surface area contributed by atoms with Crippen LogP contribution in [0.1, 0.15) is 39.2 Å². The zero-order chi connectivity index (χ0) is 14.6. The van der Waals surface area contributed by atoms with Gasteiger partial charge in [-0.2, -0.15) is 0 Å². The first-order valence-electron chi connectivity index (χ1n) is 7.75. The van der Waals surface area contributed by atoms with Crippen molar-refractivity contribution in [3.05, 3.63) is 35.9 Å². The van der Waals surface area contributed by atoms with Crippen molar-refractivity contribution in [3.63, 3.8) is 0 Å². The molecule has 0 aliphatic carbocycles. The van der Waals surface area contributed by atoms with Crippen LogP contribution in [0.5, 0.6) is 0 Å². The highest BCUT2D eigenvalue weighted by molar-refractivity contribution is 5.16. The van der Waals surface area contributed by atoms with Crippen LogP contribution in [0.15, 0.2) is 30.3 Å². The lowest BCUT2D eigenvalue weighted by molar-refractivity contribution is -0.0404. The average Bonchev–Trinajstić information content (AvgIpc) is 2.42. The summed E-state index contributed by atoms with van der Waals surface area (Å²) in [4.78, 5) is 0. The van der Waals surface area contributed by atoms with E-state index in [2.05, 4.69) is 56.4 Å². The second-order valence-corrected chi connectivity index (χ2v) is 7.14. The van der Waals surface area contributed by atoms with E-state index in [0.29, 0.717) is 11.3 Å². The fourth-order valence-electron chi connectivity index (χ4n) is 3.60. The second-order valence-electron chi connectivity index (χ2n) is 7.14. The standard InChI is InChI=1S/C18H29NO/c1-17(2,20-4)14-18(3)10-11-19-13-16(18)12-15-8-6-5-7-9-15/h5-9,16,19H,10-14H2,1-4H3. The van der Waals surface area contributed by atoms with E-state index in [-0.39, 0.29) is 5.60 Å². The summed E-state index contributed by atoms with van der Waals surface area (Å²) in [6.45, 7) is 9.11. The van der Waals surface area contributed by atoms with E-state index in [0.717, 1.165) is 25.9 Å². The Bertz CT molecular complexity index is 415. The predicted octanol–water partition coefficient (Wildman–Crippen LogP) is 3.66. The van der Waals surface area contributed by atoms with Crippen LogP contribution in [-0.2, 0) is 11.2 Å². The van der Waals surface area contributed by atoms with Gasteiger partial charge in [-0.15, -0.1) is 0 Å². The largest absolute Gasteiger partial charge is 0.379 e. The third kappa shape index (κ3) is 3.83. The molecule has 1 saturated heterocycles. The Morgan fingerprint density at radius 2 is 2.00 bits per heavy atom. The lowest BCUT2D eigenvalue weighted by Crippen LogP contribution is -2.47. The summed E-state index contributed by atoms with van der Waals surface area (Å²) < 4.78 is 5.68. The minimum absolute atomic E-state index is 0.0406. The molecule has 112 valence electrons. The van der Waals surface area contributed by atoms with Gasteiger partial charge in [0.05, 0.1) is 5.60 Å². The van der Waals surface area contributed by atoms with E-state index in [1.165, 1.54) is 12.0 Å². The number of hydrogen-bond acceptors (Lipinski definition) is 2. The Balaban J connectivity index is 2.12. The predicted molar refractivity (Wildman–Crippen MR) is 84.9 cm³/mol. The van der Waals surface area contributed by atoms with Crippen LogP contribution >= 0.6 is 0 Å². The summed E-state index contributed by atoms with van der Waals surface area (Å²) in [5, 5.41) is 3.57. The smallest absolute Gasteiger partial charge is 0.0628 e. The van der Waals surface area contributed by atoms with Gasteiger partial charge < -0.3 is 10.1 Å². The van der Waals surface area contributed by atoms with Crippen LogP contribution in [-0.4, -0.2) is 25.8 Å². The van der Waals surface area contributed by atoms with E-state index in [9.17, 15) is 0 Å². The Kier molecular flexibility index (Phi) is 4.87. The van der Waals surface area contributed by atoms with Crippen molar-refractivity contribution in [1.82, 2.24) is 5.32 Å². The van der Waals surface area contributed by atoms with Crippen molar-refractivity contribution in [3.8, 4) is 0 Å². The number of piperidine rings is 1. The molecule has 0 bridgehead atoms. The number of ether oxygens (including phenoxy) is 1. The molecule has 1 fully saturated rings. The summed E-state index contributed by atoms with van der Waals surface area (Å²) in [6, 6.07) is 10.9.